The molecule has 0 spiro atoms. The highest BCUT2D eigenvalue weighted by Crippen LogP contribution is 2.26. The van der Waals surface area contributed by atoms with Crippen LogP contribution in [0.15, 0.2) is 0 Å². The molecule has 0 aliphatic carbocycles. The fourth-order valence-electron chi connectivity index (χ4n) is 1.02. The number of carbonyl (C=O) groups is 1. The van der Waals surface area contributed by atoms with Crippen molar-refractivity contribution in [2.45, 2.75) is 0 Å². The van der Waals surface area contributed by atoms with Gasteiger partial charge in [0.25, 0.3) is 0 Å². The number of hydrogen-bond donors (Lipinski definition) is 2. The van der Waals surface area contributed by atoms with Gasteiger partial charge in [-0.25, -0.2) is 0 Å². The summed E-state index contributed by atoms with van der Waals surface area (Å²) in [4.78, 5) is 10.6. The standard InChI is InChI=1S/C6H11NO2S/c1-10-4-6(5(8)9)2-7-3-6/h7H,2-4H2,1H3,(H,8,9). The van der Waals surface area contributed by atoms with Gasteiger partial charge in [-0.2, -0.15) is 11.8 Å². The summed E-state index contributed by atoms with van der Waals surface area (Å²) in [5.74, 6) is 0.0515. The van der Waals surface area contributed by atoms with Crippen LogP contribution in [0.25, 0.3) is 0 Å². The molecule has 1 fully saturated rings. The third-order valence-corrected chi connectivity index (χ3v) is 2.64. The van der Waals surface area contributed by atoms with Crippen LogP contribution in [0, 0.1) is 5.41 Å². The van der Waals surface area contributed by atoms with E-state index in [2.05, 4.69) is 5.32 Å². The topological polar surface area (TPSA) is 49.3 Å². The highest BCUT2D eigenvalue weighted by molar-refractivity contribution is 7.98. The molecule has 0 radical (unpaired) electrons. The molecule has 0 aromatic heterocycles. The van der Waals surface area contributed by atoms with E-state index in [9.17, 15) is 4.79 Å². The first-order chi connectivity index (χ1) is 4.71. The zero-order valence-corrected chi connectivity index (χ0v) is 6.70. The number of rotatable bonds is 3. The predicted molar refractivity (Wildman–Crippen MR) is 41.3 cm³/mol. The van der Waals surface area contributed by atoms with E-state index in [0.29, 0.717) is 13.1 Å². The van der Waals surface area contributed by atoms with E-state index in [0.717, 1.165) is 5.75 Å². The minimum absolute atomic E-state index is 0.459. The van der Waals surface area contributed by atoms with Gasteiger partial charge in [0.2, 0.25) is 0 Å². The molecule has 10 heavy (non-hydrogen) atoms. The smallest absolute Gasteiger partial charge is 0.313 e. The molecule has 0 bridgehead atoms. The average molecular weight is 161 g/mol. The van der Waals surface area contributed by atoms with Crippen molar-refractivity contribution in [3.8, 4) is 0 Å². The van der Waals surface area contributed by atoms with Crippen LogP contribution in [0.3, 0.4) is 0 Å². The van der Waals surface area contributed by atoms with E-state index in [1.54, 1.807) is 11.8 Å². The van der Waals surface area contributed by atoms with Crippen LogP contribution < -0.4 is 5.32 Å². The maximum atomic E-state index is 10.6. The third-order valence-electron chi connectivity index (χ3n) is 1.80. The van der Waals surface area contributed by atoms with Crippen molar-refractivity contribution in [2.24, 2.45) is 5.41 Å². The molecule has 1 saturated heterocycles. The molecule has 0 aromatic carbocycles. The number of nitrogens with one attached hydrogen (secondary N) is 1. The number of carboxylic acid groups (broad SMARTS) is 1. The molecule has 58 valence electrons. The van der Waals surface area contributed by atoms with Gasteiger partial charge < -0.3 is 10.4 Å². The molecule has 2 N–H and O–H groups in total. The van der Waals surface area contributed by atoms with Crippen LogP contribution >= 0.6 is 11.8 Å². The molecule has 1 aliphatic rings. The maximum absolute atomic E-state index is 10.6. The summed E-state index contributed by atoms with van der Waals surface area (Å²) in [6, 6.07) is 0. The molecular formula is C6H11NO2S. The van der Waals surface area contributed by atoms with E-state index in [1.807, 2.05) is 6.26 Å². The second-order valence-corrected chi connectivity index (χ2v) is 3.49. The first kappa shape index (κ1) is 7.88. The maximum Gasteiger partial charge on any atom is 0.313 e. The highest BCUT2D eigenvalue weighted by atomic mass is 32.2. The van der Waals surface area contributed by atoms with Gasteiger partial charge in [-0.15, -0.1) is 0 Å². The van der Waals surface area contributed by atoms with Crippen LogP contribution in [0.4, 0.5) is 0 Å². The van der Waals surface area contributed by atoms with E-state index in [-0.39, 0.29) is 0 Å². The summed E-state index contributed by atoms with van der Waals surface area (Å²) in [5, 5.41) is 11.7. The Labute approximate surface area is 64.2 Å². The van der Waals surface area contributed by atoms with Crippen molar-refractivity contribution in [3.63, 3.8) is 0 Å². The second-order valence-electron chi connectivity index (χ2n) is 2.62. The Morgan fingerprint density at radius 1 is 1.80 bits per heavy atom. The van der Waals surface area contributed by atoms with Gasteiger partial charge in [-0.05, 0) is 6.26 Å². The van der Waals surface area contributed by atoms with E-state index < -0.39 is 11.4 Å². The second kappa shape index (κ2) is 2.80. The quantitative estimate of drug-likeness (QED) is 0.613. The van der Waals surface area contributed by atoms with Gasteiger partial charge >= 0.3 is 5.97 Å². The van der Waals surface area contributed by atoms with E-state index >= 15 is 0 Å². The summed E-state index contributed by atoms with van der Waals surface area (Å²) < 4.78 is 0. The Bertz CT molecular complexity index is 145. The van der Waals surface area contributed by atoms with E-state index in [1.165, 1.54) is 0 Å². The fraction of sp³-hybridized carbons (Fsp3) is 0.833. The summed E-state index contributed by atoms with van der Waals surface area (Å²) >= 11 is 1.59. The molecule has 1 heterocycles. The van der Waals surface area contributed by atoms with Gasteiger partial charge in [0.1, 0.15) is 5.41 Å². The SMILES string of the molecule is CSCC1(C(=O)O)CNC1. The van der Waals surface area contributed by atoms with Crippen molar-refractivity contribution in [2.75, 3.05) is 25.1 Å². The number of thioether (sulfide) groups is 1. The Balaban J connectivity index is 2.50. The van der Waals surface area contributed by atoms with Gasteiger partial charge in [-0.1, -0.05) is 0 Å². The molecule has 3 nitrogen and oxygen atoms in total. The van der Waals surface area contributed by atoms with Gasteiger partial charge in [0.15, 0.2) is 0 Å². The lowest BCUT2D eigenvalue weighted by Crippen LogP contribution is -2.59. The molecule has 0 saturated carbocycles. The third kappa shape index (κ3) is 1.13. The molecule has 1 rings (SSSR count). The molecule has 0 atom stereocenters. The van der Waals surface area contributed by atoms with Gasteiger partial charge in [0.05, 0.1) is 0 Å². The zero-order chi connectivity index (χ0) is 7.61. The Hall–Kier alpha value is -0.220. The predicted octanol–water partition coefficient (Wildman–Crippen LogP) is 0.0236. The molecule has 1 aliphatic heterocycles. The average Bonchev–Trinajstić information content (AvgIpc) is 1.77. The van der Waals surface area contributed by atoms with Crippen LogP contribution in [-0.2, 0) is 4.79 Å². The van der Waals surface area contributed by atoms with Crippen LogP contribution in [-0.4, -0.2) is 36.2 Å². The van der Waals surface area contributed by atoms with Crippen molar-refractivity contribution in [1.29, 1.82) is 0 Å². The fourth-order valence-corrected chi connectivity index (χ4v) is 1.90. The van der Waals surface area contributed by atoms with Crippen LogP contribution in [0.2, 0.25) is 0 Å². The number of carboxylic acids is 1. The molecule has 0 amide bonds. The number of aliphatic carboxylic acids is 1. The first-order valence-electron chi connectivity index (χ1n) is 3.14. The molecular weight excluding hydrogens is 150 g/mol. The van der Waals surface area contributed by atoms with Crippen LogP contribution in [0.5, 0.6) is 0 Å². The largest absolute Gasteiger partial charge is 0.481 e. The Morgan fingerprint density at radius 3 is 2.50 bits per heavy atom. The monoisotopic (exact) mass is 161 g/mol. The first-order valence-corrected chi connectivity index (χ1v) is 4.54. The Morgan fingerprint density at radius 2 is 2.40 bits per heavy atom. The normalized spacial score (nSPS) is 21.7. The molecule has 0 aromatic rings. The molecule has 0 unspecified atom stereocenters. The van der Waals surface area contributed by atoms with Crippen molar-refractivity contribution in [3.05, 3.63) is 0 Å². The Kier molecular flexibility index (Phi) is 2.21. The van der Waals surface area contributed by atoms with Gasteiger partial charge in [0, 0.05) is 18.8 Å². The summed E-state index contributed by atoms with van der Waals surface area (Å²) in [7, 11) is 0. The highest BCUT2D eigenvalue weighted by Gasteiger charge is 2.43. The minimum Gasteiger partial charge on any atom is -0.481 e. The summed E-state index contributed by atoms with van der Waals surface area (Å²) in [6.45, 7) is 1.26. The zero-order valence-electron chi connectivity index (χ0n) is 5.89. The van der Waals surface area contributed by atoms with Gasteiger partial charge in [-0.3, -0.25) is 4.79 Å². The summed E-state index contributed by atoms with van der Waals surface area (Å²) in [6.07, 6.45) is 1.93. The lowest BCUT2D eigenvalue weighted by Gasteiger charge is -2.37. The lowest BCUT2D eigenvalue weighted by molar-refractivity contribution is -0.150. The van der Waals surface area contributed by atoms with E-state index in [4.69, 9.17) is 5.11 Å². The minimum atomic E-state index is -0.666. The molecule has 4 heteroatoms. The summed E-state index contributed by atoms with van der Waals surface area (Å²) in [5.41, 5.74) is -0.459. The lowest BCUT2D eigenvalue weighted by atomic mass is 9.84. The van der Waals surface area contributed by atoms with Crippen molar-refractivity contribution < 1.29 is 9.90 Å². The van der Waals surface area contributed by atoms with Crippen molar-refractivity contribution in [1.82, 2.24) is 5.32 Å². The van der Waals surface area contributed by atoms with Crippen molar-refractivity contribution >= 4 is 17.7 Å². The van der Waals surface area contributed by atoms with Crippen LogP contribution in [0.1, 0.15) is 0 Å². The number of hydrogen-bond acceptors (Lipinski definition) is 3.